The second-order valence-electron chi connectivity index (χ2n) is 6.43. The molecular weight excluding hydrogens is 294 g/mol. The van der Waals surface area contributed by atoms with Crippen LogP contribution in [-0.2, 0) is 0 Å². The maximum atomic E-state index is 12.8. The predicted molar refractivity (Wildman–Crippen MR) is 96.0 cm³/mol. The van der Waals surface area contributed by atoms with Crippen molar-refractivity contribution < 1.29 is 4.79 Å². The van der Waals surface area contributed by atoms with Gasteiger partial charge < -0.3 is 14.7 Å². The fraction of sp³-hybridized carbons (Fsp3) is 0.706. The lowest BCUT2D eigenvalue weighted by Crippen LogP contribution is -2.35. The van der Waals surface area contributed by atoms with Crippen molar-refractivity contribution >= 4 is 17.2 Å². The second-order valence-corrected chi connectivity index (χ2v) is 7.89. The lowest BCUT2D eigenvalue weighted by molar-refractivity contribution is 0.0744. The molecule has 0 bridgehead atoms. The molecule has 0 aliphatic heterocycles. The van der Waals surface area contributed by atoms with Crippen LogP contribution in [0.25, 0.3) is 0 Å². The molecule has 0 aliphatic rings. The number of carbonyl (C=O) groups excluding carboxylic acids is 1. The highest BCUT2D eigenvalue weighted by Gasteiger charge is 2.19. The third kappa shape index (κ3) is 6.46. The highest BCUT2D eigenvalue weighted by molar-refractivity contribution is 7.12. The monoisotopic (exact) mass is 325 g/mol. The zero-order valence-electron chi connectivity index (χ0n) is 15.0. The van der Waals surface area contributed by atoms with Crippen molar-refractivity contribution in [3.05, 3.63) is 21.4 Å². The molecule has 0 unspecified atom stereocenters. The summed E-state index contributed by atoms with van der Waals surface area (Å²) in [5, 5.41) is 0. The lowest BCUT2D eigenvalue weighted by atomic mass is 10.2. The summed E-state index contributed by atoms with van der Waals surface area (Å²) in [6.45, 7) is 7.80. The third-order valence-corrected chi connectivity index (χ3v) is 4.59. The van der Waals surface area contributed by atoms with E-state index in [9.17, 15) is 4.79 Å². The Morgan fingerprint density at radius 1 is 0.955 bits per heavy atom. The summed E-state index contributed by atoms with van der Waals surface area (Å²) < 4.78 is 0. The Bertz CT molecular complexity index is 454. The Kier molecular flexibility index (Phi) is 8.07. The number of hydrogen-bond acceptors (Lipinski definition) is 4. The van der Waals surface area contributed by atoms with Crippen LogP contribution in [0, 0.1) is 13.8 Å². The summed E-state index contributed by atoms with van der Waals surface area (Å²) in [6.07, 6.45) is 2.03. The number of amides is 1. The minimum atomic E-state index is 0.194. The highest BCUT2D eigenvalue weighted by atomic mass is 32.1. The quantitative estimate of drug-likeness (QED) is 0.698. The van der Waals surface area contributed by atoms with E-state index < -0.39 is 0 Å². The Hall–Kier alpha value is -0.910. The fourth-order valence-electron chi connectivity index (χ4n) is 2.48. The van der Waals surface area contributed by atoms with Crippen LogP contribution in [-0.4, -0.2) is 75.0 Å². The predicted octanol–water partition coefficient (Wildman–Crippen LogP) is 2.71. The largest absolute Gasteiger partial charge is 0.339 e. The molecule has 0 aliphatic carbocycles. The normalized spacial score (nSPS) is 11.5. The van der Waals surface area contributed by atoms with Gasteiger partial charge in [0, 0.05) is 22.8 Å². The summed E-state index contributed by atoms with van der Waals surface area (Å²) in [7, 11) is 8.30. The Balaban J connectivity index is 2.69. The van der Waals surface area contributed by atoms with E-state index in [0.717, 1.165) is 49.5 Å². The van der Waals surface area contributed by atoms with Gasteiger partial charge in [-0.25, -0.2) is 0 Å². The molecule has 1 amide bonds. The third-order valence-electron chi connectivity index (χ3n) is 3.63. The van der Waals surface area contributed by atoms with Crippen LogP contribution in [0.15, 0.2) is 6.07 Å². The molecule has 1 heterocycles. The summed E-state index contributed by atoms with van der Waals surface area (Å²) in [5.74, 6) is 0.194. The van der Waals surface area contributed by atoms with Crippen LogP contribution in [0.3, 0.4) is 0 Å². The zero-order chi connectivity index (χ0) is 16.7. The number of aryl methyl sites for hydroxylation is 2. The first-order valence-corrected chi connectivity index (χ1v) is 8.78. The molecule has 0 radical (unpaired) electrons. The minimum Gasteiger partial charge on any atom is -0.339 e. The van der Waals surface area contributed by atoms with Crippen LogP contribution >= 0.6 is 11.3 Å². The maximum absolute atomic E-state index is 12.8. The van der Waals surface area contributed by atoms with Gasteiger partial charge in [0.1, 0.15) is 0 Å². The maximum Gasteiger partial charge on any atom is 0.254 e. The van der Waals surface area contributed by atoms with Crippen LogP contribution in [0.5, 0.6) is 0 Å². The Labute approximate surface area is 139 Å². The molecule has 0 saturated carbocycles. The van der Waals surface area contributed by atoms with Crippen molar-refractivity contribution in [1.82, 2.24) is 14.7 Å². The fourth-order valence-corrected chi connectivity index (χ4v) is 3.40. The van der Waals surface area contributed by atoms with E-state index in [1.807, 2.05) is 17.9 Å². The van der Waals surface area contributed by atoms with Gasteiger partial charge in [0.25, 0.3) is 5.91 Å². The van der Waals surface area contributed by atoms with Gasteiger partial charge in [0.15, 0.2) is 0 Å². The molecule has 0 saturated heterocycles. The number of hydrogen-bond donors (Lipinski definition) is 0. The van der Waals surface area contributed by atoms with Crippen molar-refractivity contribution in [1.29, 1.82) is 0 Å². The number of rotatable bonds is 9. The highest BCUT2D eigenvalue weighted by Crippen LogP contribution is 2.22. The van der Waals surface area contributed by atoms with Crippen molar-refractivity contribution in [2.75, 3.05) is 54.4 Å². The van der Waals surface area contributed by atoms with Crippen molar-refractivity contribution in [2.45, 2.75) is 26.7 Å². The molecule has 126 valence electrons. The molecule has 5 heteroatoms. The number of carbonyl (C=O) groups is 1. The summed E-state index contributed by atoms with van der Waals surface area (Å²) >= 11 is 1.71. The van der Waals surface area contributed by atoms with Gasteiger partial charge in [-0.05, 0) is 74.0 Å². The van der Waals surface area contributed by atoms with Crippen LogP contribution in [0.4, 0.5) is 0 Å². The number of thiophene rings is 1. The molecule has 0 aromatic carbocycles. The van der Waals surface area contributed by atoms with Crippen molar-refractivity contribution in [3.63, 3.8) is 0 Å². The Morgan fingerprint density at radius 2 is 1.45 bits per heavy atom. The van der Waals surface area contributed by atoms with E-state index >= 15 is 0 Å². The van der Waals surface area contributed by atoms with E-state index in [1.54, 1.807) is 11.3 Å². The van der Waals surface area contributed by atoms with Gasteiger partial charge in [-0.3, -0.25) is 4.79 Å². The summed E-state index contributed by atoms with van der Waals surface area (Å²) in [4.78, 5) is 21.5. The first-order chi connectivity index (χ1) is 10.3. The Morgan fingerprint density at radius 3 is 1.82 bits per heavy atom. The molecule has 0 N–H and O–H groups in total. The molecular formula is C17H31N3OS. The molecule has 0 fully saturated rings. The van der Waals surface area contributed by atoms with Gasteiger partial charge in [-0.1, -0.05) is 0 Å². The molecule has 1 aromatic heterocycles. The van der Waals surface area contributed by atoms with Gasteiger partial charge >= 0.3 is 0 Å². The van der Waals surface area contributed by atoms with E-state index in [-0.39, 0.29) is 5.91 Å². The van der Waals surface area contributed by atoms with Gasteiger partial charge in [0.2, 0.25) is 0 Å². The van der Waals surface area contributed by atoms with Crippen LogP contribution in [0.1, 0.15) is 33.0 Å². The summed E-state index contributed by atoms with van der Waals surface area (Å²) in [6, 6.07) is 2.03. The molecule has 4 nitrogen and oxygen atoms in total. The first kappa shape index (κ1) is 19.1. The number of nitrogens with zero attached hydrogens (tertiary/aromatic N) is 3. The van der Waals surface area contributed by atoms with E-state index in [4.69, 9.17) is 0 Å². The van der Waals surface area contributed by atoms with Crippen molar-refractivity contribution in [2.24, 2.45) is 0 Å². The van der Waals surface area contributed by atoms with Gasteiger partial charge in [0.05, 0.1) is 5.56 Å². The second kappa shape index (κ2) is 9.28. The minimum absolute atomic E-state index is 0.194. The summed E-state index contributed by atoms with van der Waals surface area (Å²) in [5.41, 5.74) is 0.886. The topological polar surface area (TPSA) is 26.8 Å². The lowest BCUT2D eigenvalue weighted by Gasteiger charge is -2.24. The van der Waals surface area contributed by atoms with Gasteiger partial charge in [-0.2, -0.15) is 0 Å². The molecule has 0 atom stereocenters. The standard InChI is InChI=1S/C17H31N3OS/c1-14-13-16(15(2)22-14)17(21)20(11-7-9-18(3)4)12-8-10-19(5)6/h13H,7-12H2,1-6H3. The molecule has 1 rings (SSSR count). The van der Waals surface area contributed by atoms with E-state index in [2.05, 4.69) is 44.9 Å². The van der Waals surface area contributed by atoms with E-state index in [1.165, 1.54) is 4.88 Å². The van der Waals surface area contributed by atoms with Crippen molar-refractivity contribution in [3.8, 4) is 0 Å². The zero-order valence-corrected chi connectivity index (χ0v) is 15.8. The molecule has 1 aromatic rings. The molecule has 22 heavy (non-hydrogen) atoms. The average molecular weight is 326 g/mol. The first-order valence-electron chi connectivity index (χ1n) is 7.97. The smallest absolute Gasteiger partial charge is 0.254 e. The van der Waals surface area contributed by atoms with Crippen LogP contribution < -0.4 is 0 Å². The molecule has 0 spiro atoms. The van der Waals surface area contributed by atoms with E-state index in [0.29, 0.717) is 0 Å². The SMILES string of the molecule is Cc1cc(C(=O)N(CCCN(C)C)CCCN(C)C)c(C)s1. The average Bonchev–Trinajstić information content (AvgIpc) is 2.74. The van der Waals surface area contributed by atoms with Gasteiger partial charge in [-0.15, -0.1) is 11.3 Å². The van der Waals surface area contributed by atoms with Crippen LogP contribution in [0.2, 0.25) is 0 Å².